The summed E-state index contributed by atoms with van der Waals surface area (Å²) in [5.74, 6) is 0.541. The second kappa shape index (κ2) is 12.5. The van der Waals surface area contributed by atoms with Crippen molar-refractivity contribution in [2.45, 2.75) is 95.1 Å². The zero-order valence-electron chi connectivity index (χ0n) is 24.7. The minimum absolute atomic E-state index is 0.0103. The van der Waals surface area contributed by atoms with E-state index >= 15 is 0 Å². The van der Waals surface area contributed by atoms with E-state index in [1.54, 1.807) is 27.5 Å². The van der Waals surface area contributed by atoms with Crippen molar-refractivity contribution in [3.63, 3.8) is 0 Å². The van der Waals surface area contributed by atoms with Crippen molar-refractivity contribution < 1.29 is 0 Å². The maximum Gasteiger partial charge on any atom is 0.0797 e. The molecule has 5 aliphatic rings. The van der Waals surface area contributed by atoms with E-state index in [0.29, 0.717) is 5.92 Å². The van der Waals surface area contributed by atoms with Crippen molar-refractivity contribution in [3.8, 4) is 0 Å². The van der Waals surface area contributed by atoms with Crippen molar-refractivity contribution in [2.24, 2.45) is 11.3 Å². The maximum atomic E-state index is 2.74. The van der Waals surface area contributed by atoms with Crippen LogP contribution >= 0.6 is 0 Å². The average molecular weight is 545 g/mol. The molecular formula is C39H48Si. The van der Waals surface area contributed by atoms with Gasteiger partial charge in [0.1, 0.15) is 0 Å². The Morgan fingerprint density at radius 3 is 1.73 bits per heavy atom. The normalized spacial score (nSPS) is 29.0. The molecule has 6 rings (SSSR count). The third-order valence-corrected chi connectivity index (χ3v) is 15.0. The number of rotatable bonds is 6. The molecule has 0 aliphatic heterocycles. The van der Waals surface area contributed by atoms with Gasteiger partial charge in [0.15, 0.2) is 0 Å². The van der Waals surface area contributed by atoms with Crippen LogP contribution in [0.4, 0.5) is 0 Å². The lowest BCUT2D eigenvalue weighted by molar-refractivity contribution is 0.184. The van der Waals surface area contributed by atoms with Gasteiger partial charge in [-0.05, 0) is 44.4 Å². The van der Waals surface area contributed by atoms with Crippen molar-refractivity contribution >= 4 is 14.0 Å². The first-order valence-electron chi connectivity index (χ1n) is 16.3. The van der Waals surface area contributed by atoms with E-state index in [1.165, 1.54) is 57.8 Å². The molecule has 0 spiro atoms. The fourth-order valence-corrected chi connectivity index (χ4v) is 13.3. The van der Waals surface area contributed by atoms with Gasteiger partial charge in [0, 0.05) is 10.5 Å². The largest absolute Gasteiger partial charge is 0.0805 e. The first-order chi connectivity index (χ1) is 19.8. The average Bonchev–Trinajstić information content (AvgIpc) is 3.82. The van der Waals surface area contributed by atoms with Crippen molar-refractivity contribution in [1.82, 2.24) is 0 Å². The number of allylic oxidation sites excluding steroid dienone is 16. The lowest BCUT2D eigenvalue weighted by Gasteiger charge is -2.61. The van der Waals surface area contributed by atoms with Gasteiger partial charge in [0.05, 0.1) is 8.80 Å². The Morgan fingerprint density at radius 2 is 1.15 bits per heavy atom. The molecule has 1 aromatic rings. The van der Waals surface area contributed by atoms with Gasteiger partial charge < -0.3 is 0 Å². The summed E-state index contributed by atoms with van der Waals surface area (Å²) in [7, 11) is -1.55. The highest BCUT2D eigenvalue weighted by atomic mass is 28.3. The highest BCUT2D eigenvalue weighted by molar-refractivity contribution is 6.76. The molecule has 0 nitrogen and oxygen atoms in total. The van der Waals surface area contributed by atoms with E-state index in [2.05, 4.69) is 110 Å². The highest BCUT2D eigenvalue weighted by Gasteiger charge is 2.62. The Morgan fingerprint density at radius 1 is 0.600 bits per heavy atom. The van der Waals surface area contributed by atoms with E-state index in [-0.39, 0.29) is 10.5 Å². The molecule has 0 radical (unpaired) electrons. The Kier molecular flexibility index (Phi) is 8.58. The monoisotopic (exact) mass is 544 g/mol. The minimum Gasteiger partial charge on any atom is -0.0805 e. The van der Waals surface area contributed by atoms with Gasteiger partial charge in [-0.2, -0.15) is 0 Å². The first kappa shape index (κ1) is 27.5. The summed E-state index contributed by atoms with van der Waals surface area (Å²) >= 11 is 0. The van der Waals surface area contributed by atoms with Gasteiger partial charge in [-0.15, -0.1) is 0 Å². The van der Waals surface area contributed by atoms with Crippen LogP contribution in [0.1, 0.15) is 83.5 Å². The summed E-state index contributed by atoms with van der Waals surface area (Å²) < 4.78 is 0. The third kappa shape index (κ3) is 4.79. The number of benzene rings is 1. The Bertz CT molecular complexity index is 1260. The van der Waals surface area contributed by atoms with Crippen molar-refractivity contribution in [2.75, 3.05) is 0 Å². The standard InChI is InChI=1S/C39H48Si/c1-40(36-28-8-7-9-29-36)38(33-22-13-14-23-33)31-19-6-4-2-3-5-10-30-37(32-20-11-12-21-32)39(38,34-24-15-16-25-34)35-26-17-18-27-35/h7-9,11-18,20,22,24,26,28-29,37,40H,2-6,10,19,21,23,25,27,30-31H2,1H3. The van der Waals surface area contributed by atoms with Crippen LogP contribution in [0, 0.1) is 11.3 Å². The van der Waals surface area contributed by atoms with Crippen LogP contribution in [-0.4, -0.2) is 8.80 Å². The molecule has 0 N–H and O–H groups in total. The fourth-order valence-electron chi connectivity index (χ4n) is 9.31. The van der Waals surface area contributed by atoms with Crippen LogP contribution in [0.2, 0.25) is 11.6 Å². The first-order valence-corrected chi connectivity index (χ1v) is 18.6. The topological polar surface area (TPSA) is 0 Å². The highest BCUT2D eigenvalue weighted by Crippen LogP contribution is 2.72. The van der Waals surface area contributed by atoms with E-state index in [0.717, 1.165) is 25.7 Å². The maximum absolute atomic E-state index is 2.74. The van der Waals surface area contributed by atoms with Gasteiger partial charge in [-0.25, -0.2) is 0 Å². The fraction of sp³-hybridized carbons (Fsp3) is 0.436. The predicted octanol–water partition coefficient (Wildman–Crippen LogP) is 10.2. The van der Waals surface area contributed by atoms with Gasteiger partial charge in [0.2, 0.25) is 0 Å². The molecule has 3 atom stereocenters. The molecular weight excluding hydrogens is 497 g/mol. The zero-order chi connectivity index (χ0) is 27.3. The molecule has 40 heavy (non-hydrogen) atoms. The molecule has 0 amide bonds. The van der Waals surface area contributed by atoms with Crippen LogP contribution < -0.4 is 5.19 Å². The molecule has 0 bridgehead atoms. The molecule has 1 aromatic carbocycles. The van der Waals surface area contributed by atoms with Gasteiger partial charge in [-0.3, -0.25) is 0 Å². The summed E-state index contributed by atoms with van der Waals surface area (Å²) in [6.07, 6.45) is 46.3. The van der Waals surface area contributed by atoms with Gasteiger partial charge in [0.25, 0.3) is 0 Å². The van der Waals surface area contributed by atoms with Crippen LogP contribution in [0.5, 0.6) is 0 Å². The molecule has 0 heterocycles. The summed E-state index contributed by atoms with van der Waals surface area (Å²) in [5, 5.41) is 1.78. The Hall–Kier alpha value is -2.64. The van der Waals surface area contributed by atoms with Crippen molar-refractivity contribution in [1.29, 1.82) is 0 Å². The second-order valence-corrected chi connectivity index (χ2v) is 15.9. The molecule has 208 valence electrons. The van der Waals surface area contributed by atoms with Gasteiger partial charge >= 0.3 is 0 Å². The molecule has 1 fully saturated rings. The number of hydrogen-bond acceptors (Lipinski definition) is 0. The Labute approximate surface area is 245 Å². The predicted molar refractivity (Wildman–Crippen MR) is 177 cm³/mol. The van der Waals surface area contributed by atoms with Crippen molar-refractivity contribution in [3.05, 3.63) is 126 Å². The van der Waals surface area contributed by atoms with E-state index in [1.807, 2.05) is 0 Å². The SMILES string of the molecule is C[SiH](c1ccccc1)C1(C2=CC=CC2)CCCCCCCCCC(C2=CC=CC2)C1(C1=CC=CC1)C1=CC=CC1. The second-order valence-electron chi connectivity index (χ2n) is 12.8. The summed E-state index contributed by atoms with van der Waals surface area (Å²) in [6.45, 7) is 2.74. The summed E-state index contributed by atoms with van der Waals surface area (Å²) in [4.78, 5) is 0. The minimum atomic E-state index is -1.55. The third-order valence-electron chi connectivity index (χ3n) is 11.0. The van der Waals surface area contributed by atoms with E-state index < -0.39 is 8.80 Å². The van der Waals surface area contributed by atoms with Crippen LogP contribution in [0.25, 0.3) is 0 Å². The molecule has 1 saturated carbocycles. The number of hydrogen-bond donors (Lipinski definition) is 0. The lowest BCUT2D eigenvalue weighted by atomic mass is 9.51. The van der Waals surface area contributed by atoms with Crippen LogP contribution in [0.15, 0.2) is 126 Å². The van der Waals surface area contributed by atoms with Crippen LogP contribution in [-0.2, 0) is 0 Å². The molecule has 1 heteroatoms. The summed E-state index contributed by atoms with van der Waals surface area (Å²) in [6, 6.07) is 11.8. The quantitative estimate of drug-likeness (QED) is 0.313. The molecule has 5 aliphatic carbocycles. The summed E-state index contributed by atoms with van der Waals surface area (Å²) in [5.41, 5.74) is 6.87. The lowest BCUT2D eigenvalue weighted by Crippen LogP contribution is -2.56. The molecule has 0 aromatic heterocycles. The zero-order valence-corrected chi connectivity index (χ0v) is 25.8. The van der Waals surface area contributed by atoms with Crippen LogP contribution in [0.3, 0.4) is 0 Å². The van der Waals surface area contributed by atoms with E-state index in [9.17, 15) is 0 Å². The molecule has 0 saturated heterocycles. The van der Waals surface area contributed by atoms with Gasteiger partial charge in [-0.1, -0.05) is 182 Å². The smallest absolute Gasteiger partial charge is 0.0797 e. The van der Waals surface area contributed by atoms with E-state index in [4.69, 9.17) is 0 Å². The Balaban J connectivity index is 1.68. The molecule has 3 unspecified atom stereocenters.